The maximum absolute atomic E-state index is 5.38. The minimum absolute atomic E-state index is 0.665. The van der Waals surface area contributed by atoms with E-state index in [1.165, 1.54) is 11.1 Å². The molecule has 17 heavy (non-hydrogen) atoms. The molecule has 0 fully saturated rings. The molecule has 0 heterocycles. The highest BCUT2D eigenvalue weighted by Gasteiger charge is 1.98. The van der Waals surface area contributed by atoms with Gasteiger partial charge in [-0.05, 0) is 17.5 Å². The van der Waals surface area contributed by atoms with Crippen LogP contribution < -0.4 is 5.32 Å². The van der Waals surface area contributed by atoms with Gasteiger partial charge in [0.25, 0.3) is 0 Å². The highest BCUT2D eigenvalue weighted by atomic mass is 16.5. The van der Waals surface area contributed by atoms with Crippen LogP contribution in [0.3, 0.4) is 0 Å². The van der Waals surface area contributed by atoms with Gasteiger partial charge in [0, 0.05) is 20.2 Å². The number of hydrogen-bond donors (Lipinski definition) is 1. The zero-order valence-electron chi connectivity index (χ0n) is 10.9. The first kappa shape index (κ1) is 14.2. The van der Waals surface area contributed by atoms with Crippen LogP contribution >= 0.6 is 0 Å². The molecule has 0 unspecified atom stereocenters. The fraction of sp³-hybridized carbons (Fsp3) is 0.571. The first-order valence-electron chi connectivity index (χ1n) is 6.22. The Hall–Kier alpha value is -0.900. The molecule has 1 N–H and O–H groups in total. The van der Waals surface area contributed by atoms with Gasteiger partial charge in [-0.3, -0.25) is 0 Å². The number of nitrogens with one attached hydrogen (secondary N) is 1. The molecule has 0 aliphatic rings. The van der Waals surface area contributed by atoms with Gasteiger partial charge >= 0.3 is 0 Å². The third-order valence-electron chi connectivity index (χ3n) is 2.67. The molecular formula is C14H23NO2. The van der Waals surface area contributed by atoms with Crippen LogP contribution in [0.2, 0.25) is 0 Å². The smallest absolute Gasteiger partial charge is 0.0700 e. The third kappa shape index (κ3) is 5.82. The van der Waals surface area contributed by atoms with E-state index in [1.807, 2.05) is 0 Å². The van der Waals surface area contributed by atoms with E-state index in [-0.39, 0.29) is 0 Å². The summed E-state index contributed by atoms with van der Waals surface area (Å²) in [6.45, 7) is 6.05. The van der Waals surface area contributed by atoms with Crippen LogP contribution in [0.15, 0.2) is 24.3 Å². The van der Waals surface area contributed by atoms with Gasteiger partial charge < -0.3 is 14.8 Å². The van der Waals surface area contributed by atoms with E-state index in [1.54, 1.807) is 7.11 Å². The van der Waals surface area contributed by atoms with Gasteiger partial charge in [0.2, 0.25) is 0 Å². The molecule has 0 saturated heterocycles. The monoisotopic (exact) mass is 237 g/mol. The first-order chi connectivity index (χ1) is 8.38. The largest absolute Gasteiger partial charge is 0.382 e. The van der Waals surface area contributed by atoms with Gasteiger partial charge in [0.1, 0.15) is 0 Å². The average molecular weight is 237 g/mol. The van der Waals surface area contributed by atoms with Crippen molar-refractivity contribution in [2.24, 2.45) is 0 Å². The predicted octanol–water partition coefficient (Wildman–Crippen LogP) is 2.00. The molecule has 0 aliphatic heterocycles. The van der Waals surface area contributed by atoms with Crippen molar-refractivity contribution < 1.29 is 9.47 Å². The van der Waals surface area contributed by atoms with E-state index in [0.29, 0.717) is 13.2 Å². The van der Waals surface area contributed by atoms with E-state index >= 15 is 0 Å². The van der Waals surface area contributed by atoms with Crippen molar-refractivity contribution in [1.29, 1.82) is 0 Å². The van der Waals surface area contributed by atoms with Crippen LogP contribution in [0.4, 0.5) is 0 Å². The Labute approximate surface area is 104 Å². The van der Waals surface area contributed by atoms with Crippen LogP contribution in [-0.2, 0) is 22.4 Å². The van der Waals surface area contributed by atoms with Crippen molar-refractivity contribution in [2.75, 3.05) is 33.5 Å². The maximum atomic E-state index is 5.38. The first-order valence-corrected chi connectivity index (χ1v) is 6.22. The topological polar surface area (TPSA) is 30.5 Å². The molecule has 3 nitrogen and oxygen atoms in total. The van der Waals surface area contributed by atoms with Gasteiger partial charge in [-0.25, -0.2) is 0 Å². The van der Waals surface area contributed by atoms with Crippen LogP contribution in [0.25, 0.3) is 0 Å². The predicted molar refractivity (Wildman–Crippen MR) is 70.2 cm³/mol. The summed E-state index contributed by atoms with van der Waals surface area (Å²) in [6, 6.07) is 8.55. The normalized spacial score (nSPS) is 10.7. The lowest BCUT2D eigenvalue weighted by Gasteiger charge is -2.09. The van der Waals surface area contributed by atoms with Crippen LogP contribution in [0.5, 0.6) is 0 Å². The Morgan fingerprint density at radius 3 is 2.53 bits per heavy atom. The molecule has 1 rings (SSSR count). The van der Waals surface area contributed by atoms with E-state index in [4.69, 9.17) is 9.47 Å². The quantitative estimate of drug-likeness (QED) is 0.666. The molecule has 0 saturated carbocycles. The molecule has 0 spiro atoms. The van der Waals surface area contributed by atoms with Crippen molar-refractivity contribution >= 4 is 0 Å². The second kappa shape index (κ2) is 9.16. The van der Waals surface area contributed by atoms with Crippen molar-refractivity contribution in [1.82, 2.24) is 5.32 Å². The summed E-state index contributed by atoms with van der Waals surface area (Å²) in [4.78, 5) is 0. The summed E-state index contributed by atoms with van der Waals surface area (Å²) in [5.74, 6) is 0. The SMILES string of the molecule is CCc1ccccc1CNCCOCCOC. The molecule has 0 bridgehead atoms. The molecular weight excluding hydrogens is 214 g/mol. The molecule has 96 valence electrons. The fourth-order valence-electron chi connectivity index (χ4n) is 1.69. The zero-order valence-corrected chi connectivity index (χ0v) is 10.9. The summed E-state index contributed by atoms with van der Waals surface area (Å²) in [5.41, 5.74) is 2.80. The number of aryl methyl sites for hydroxylation is 1. The van der Waals surface area contributed by atoms with Crippen molar-refractivity contribution in [3.8, 4) is 0 Å². The van der Waals surface area contributed by atoms with Gasteiger partial charge in [0.15, 0.2) is 0 Å². The number of ether oxygens (including phenoxy) is 2. The Morgan fingerprint density at radius 1 is 1.06 bits per heavy atom. The highest BCUT2D eigenvalue weighted by molar-refractivity contribution is 5.26. The number of rotatable bonds is 9. The fourth-order valence-corrected chi connectivity index (χ4v) is 1.69. The maximum Gasteiger partial charge on any atom is 0.0700 e. The average Bonchev–Trinajstić information content (AvgIpc) is 2.38. The molecule has 1 aromatic carbocycles. The van der Waals surface area contributed by atoms with Crippen LogP contribution in [0, 0.1) is 0 Å². The second-order valence-corrected chi connectivity index (χ2v) is 3.90. The minimum atomic E-state index is 0.665. The van der Waals surface area contributed by atoms with Gasteiger partial charge in [-0.2, -0.15) is 0 Å². The van der Waals surface area contributed by atoms with Crippen molar-refractivity contribution in [3.05, 3.63) is 35.4 Å². The molecule has 0 radical (unpaired) electrons. The zero-order chi connectivity index (χ0) is 12.3. The number of hydrogen-bond acceptors (Lipinski definition) is 3. The molecule has 0 aliphatic carbocycles. The lowest BCUT2D eigenvalue weighted by atomic mass is 10.1. The summed E-state index contributed by atoms with van der Waals surface area (Å²) in [7, 11) is 1.68. The lowest BCUT2D eigenvalue weighted by molar-refractivity contribution is 0.0719. The van der Waals surface area contributed by atoms with E-state index in [2.05, 4.69) is 36.5 Å². The van der Waals surface area contributed by atoms with Gasteiger partial charge in [0.05, 0.1) is 19.8 Å². The van der Waals surface area contributed by atoms with E-state index < -0.39 is 0 Å². The number of benzene rings is 1. The summed E-state index contributed by atoms with van der Waals surface area (Å²) in [6.07, 6.45) is 1.09. The van der Waals surface area contributed by atoms with Gasteiger partial charge in [-0.1, -0.05) is 31.2 Å². The summed E-state index contributed by atoms with van der Waals surface area (Å²) < 4.78 is 10.3. The van der Waals surface area contributed by atoms with Crippen LogP contribution in [0.1, 0.15) is 18.1 Å². The molecule has 0 amide bonds. The van der Waals surface area contributed by atoms with Crippen LogP contribution in [-0.4, -0.2) is 33.5 Å². The minimum Gasteiger partial charge on any atom is -0.382 e. The standard InChI is InChI=1S/C14H23NO2/c1-3-13-6-4-5-7-14(13)12-15-8-9-17-11-10-16-2/h4-7,15H,3,8-12H2,1-2H3. The lowest BCUT2D eigenvalue weighted by Crippen LogP contribution is -2.20. The summed E-state index contributed by atoms with van der Waals surface area (Å²) >= 11 is 0. The van der Waals surface area contributed by atoms with Gasteiger partial charge in [-0.15, -0.1) is 0 Å². The molecule has 1 aromatic rings. The number of methoxy groups -OCH3 is 1. The third-order valence-corrected chi connectivity index (χ3v) is 2.67. The molecule has 0 aromatic heterocycles. The molecule has 3 heteroatoms. The Balaban J connectivity index is 2.13. The van der Waals surface area contributed by atoms with Crippen molar-refractivity contribution in [3.63, 3.8) is 0 Å². The summed E-state index contributed by atoms with van der Waals surface area (Å²) in [5, 5.41) is 3.39. The molecule has 0 atom stereocenters. The van der Waals surface area contributed by atoms with E-state index in [0.717, 1.165) is 26.1 Å². The Morgan fingerprint density at radius 2 is 1.82 bits per heavy atom. The Kier molecular flexibility index (Phi) is 7.63. The highest BCUT2D eigenvalue weighted by Crippen LogP contribution is 2.08. The van der Waals surface area contributed by atoms with Crippen molar-refractivity contribution in [2.45, 2.75) is 19.9 Å². The Bertz CT molecular complexity index is 302. The second-order valence-electron chi connectivity index (χ2n) is 3.90. The van der Waals surface area contributed by atoms with E-state index in [9.17, 15) is 0 Å².